The van der Waals surface area contributed by atoms with Crippen molar-refractivity contribution in [1.82, 2.24) is 25.4 Å². The van der Waals surface area contributed by atoms with Crippen molar-refractivity contribution in [2.75, 3.05) is 59.1 Å². The molecule has 0 saturated carbocycles. The van der Waals surface area contributed by atoms with Crippen LogP contribution in [0.15, 0.2) is 47.8 Å². The van der Waals surface area contributed by atoms with Crippen LogP contribution < -0.4 is 20.1 Å². The molecule has 2 N–H and O–H groups in total. The predicted molar refractivity (Wildman–Crippen MR) is 181 cm³/mol. The van der Waals surface area contributed by atoms with Crippen LogP contribution in [-0.4, -0.2) is 103 Å². The van der Waals surface area contributed by atoms with E-state index in [1.54, 1.807) is 47.5 Å². The van der Waals surface area contributed by atoms with Gasteiger partial charge in [0.1, 0.15) is 29.7 Å². The lowest BCUT2D eigenvalue weighted by Gasteiger charge is -2.34. The van der Waals surface area contributed by atoms with Gasteiger partial charge < -0.3 is 24.4 Å². The third-order valence-electron chi connectivity index (χ3n) is 8.08. The van der Waals surface area contributed by atoms with Crippen LogP contribution in [0.25, 0.3) is 10.6 Å². The molecule has 0 radical (unpaired) electrons. The van der Waals surface area contributed by atoms with Crippen LogP contribution in [0.3, 0.4) is 0 Å². The van der Waals surface area contributed by atoms with Gasteiger partial charge in [0.2, 0.25) is 17.7 Å². The number of esters is 1. The van der Waals surface area contributed by atoms with Gasteiger partial charge in [-0.25, -0.2) is 4.98 Å². The molecule has 0 bridgehead atoms. The largest absolute Gasteiger partial charge is 0.492 e. The molecular weight excluding hydrogens is 674 g/mol. The minimum atomic E-state index is -0.490. The van der Waals surface area contributed by atoms with Crippen molar-refractivity contribution < 1.29 is 38.2 Å². The van der Waals surface area contributed by atoms with Gasteiger partial charge in [0, 0.05) is 50.1 Å². The molecule has 0 spiro atoms. The number of halogens is 1. The Morgan fingerprint density at radius 1 is 1.04 bits per heavy atom. The Morgan fingerprint density at radius 3 is 2.51 bits per heavy atom. The van der Waals surface area contributed by atoms with Crippen molar-refractivity contribution in [3.63, 3.8) is 0 Å². The molecule has 4 amide bonds. The zero-order valence-electron chi connectivity index (χ0n) is 27.1. The van der Waals surface area contributed by atoms with E-state index in [4.69, 9.17) is 25.8 Å². The van der Waals surface area contributed by atoms with Gasteiger partial charge in [0.15, 0.2) is 6.61 Å². The number of piperidine rings is 1. The number of ether oxygens (including phenoxy) is 3. The maximum absolute atomic E-state index is 12.8. The van der Waals surface area contributed by atoms with E-state index < -0.39 is 5.97 Å². The van der Waals surface area contributed by atoms with E-state index in [0.29, 0.717) is 79.4 Å². The number of carbonyl (C=O) groups is 5. The van der Waals surface area contributed by atoms with Crippen molar-refractivity contribution in [3.05, 3.63) is 64.1 Å². The van der Waals surface area contributed by atoms with Crippen molar-refractivity contribution in [2.24, 2.45) is 0 Å². The number of imide groups is 1. The predicted octanol–water partition coefficient (Wildman–Crippen LogP) is 2.81. The lowest BCUT2D eigenvalue weighted by Crippen LogP contribution is -2.50. The smallest absolute Gasteiger partial charge is 0.325 e. The fourth-order valence-corrected chi connectivity index (χ4v) is 6.61. The molecule has 15 heteroatoms. The SMILES string of the molecule is CCOC(=O)CNC(=O)Cc1csc(-c2ccc(OCCN3CCN(C(=O)COc4ccc(C5CCC(=O)NC5=O)cc4)CC3)cc2Cl)n1. The fraction of sp³-hybridized carbons (Fsp3) is 0.412. The Kier molecular flexibility index (Phi) is 12.6. The van der Waals surface area contributed by atoms with E-state index in [-0.39, 0.29) is 55.7 Å². The lowest BCUT2D eigenvalue weighted by atomic mass is 9.90. The first-order valence-electron chi connectivity index (χ1n) is 16.0. The number of aromatic nitrogens is 1. The van der Waals surface area contributed by atoms with Crippen LogP contribution in [0.2, 0.25) is 5.02 Å². The highest BCUT2D eigenvalue weighted by Crippen LogP contribution is 2.33. The Morgan fingerprint density at radius 2 is 1.80 bits per heavy atom. The molecule has 1 unspecified atom stereocenters. The molecule has 2 fully saturated rings. The number of piperazine rings is 1. The molecule has 3 aromatic rings. The molecule has 49 heavy (non-hydrogen) atoms. The van der Waals surface area contributed by atoms with Gasteiger partial charge in [-0.3, -0.25) is 34.2 Å². The number of amides is 4. The number of nitrogens with zero attached hydrogens (tertiary/aromatic N) is 3. The van der Waals surface area contributed by atoms with E-state index >= 15 is 0 Å². The zero-order valence-corrected chi connectivity index (χ0v) is 28.6. The second-order valence-corrected chi connectivity index (χ2v) is 12.7. The van der Waals surface area contributed by atoms with Crippen LogP contribution in [0.5, 0.6) is 11.5 Å². The average molecular weight is 712 g/mol. The molecule has 1 atom stereocenters. The van der Waals surface area contributed by atoms with Gasteiger partial charge in [-0.1, -0.05) is 23.7 Å². The number of hydrogen-bond donors (Lipinski definition) is 2. The van der Waals surface area contributed by atoms with Crippen LogP contribution in [-0.2, 0) is 35.1 Å². The number of rotatable bonds is 14. The Bertz CT molecular complexity index is 1660. The lowest BCUT2D eigenvalue weighted by molar-refractivity contribution is -0.143. The molecule has 260 valence electrons. The number of hydrogen-bond acceptors (Lipinski definition) is 11. The summed E-state index contributed by atoms with van der Waals surface area (Å²) in [4.78, 5) is 68.4. The second-order valence-electron chi connectivity index (χ2n) is 11.5. The Labute approximate surface area is 292 Å². The molecule has 2 saturated heterocycles. The molecule has 0 aliphatic carbocycles. The quantitative estimate of drug-likeness (QED) is 0.188. The molecule has 2 aliphatic rings. The summed E-state index contributed by atoms with van der Waals surface area (Å²) in [5.41, 5.74) is 2.11. The minimum absolute atomic E-state index is 0.0367. The average Bonchev–Trinajstić information content (AvgIpc) is 3.55. The highest BCUT2D eigenvalue weighted by Gasteiger charge is 2.28. The summed E-state index contributed by atoms with van der Waals surface area (Å²) in [5.74, 6) is -0.642. The molecule has 13 nitrogen and oxygen atoms in total. The van der Waals surface area contributed by atoms with E-state index in [1.807, 2.05) is 12.1 Å². The van der Waals surface area contributed by atoms with Gasteiger partial charge in [0.25, 0.3) is 5.91 Å². The van der Waals surface area contributed by atoms with Gasteiger partial charge in [-0.15, -0.1) is 11.3 Å². The van der Waals surface area contributed by atoms with Crippen molar-refractivity contribution in [3.8, 4) is 22.1 Å². The Balaban J connectivity index is 0.991. The standard InChI is InChI=1S/C34H38ClN5O8S/c1-2-46-32(44)19-36-30(42)17-23-21-49-34(37-23)27-8-7-25(18-28(27)35)47-16-15-39-11-13-40(14-12-39)31(43)20-48-24-5-3-22(4-6-24)26-9-10-29(41)38-33(26)45/h3-8,18,21,26H,2,9-17,19-20H2,1H3,(H,36,42)(H,38,41,45). The summed E-state index contributed by atoms with van der Waals surface area (Å²) in [6, 6.07) is 12.5. The monoisotopic (exact) mass is 711 g/mol. The molecular formula is C34H38ClN5O8S. The highest BCUT2D eigenvalue weighted by molar-refractivity contribution is 7.13. The Hall–Kier alpha value is -4.53. The van der Waals surface area contributed by atoms with E-state index in [2.05, 4.69) is 20.5 Å². The number of benzene rings is 2. The van der Waals surface area contributed by atoms with Crippen LogP contribution >= 0.6 is 22.9 Å². The molecule has 3 heterocycles. The highest BCUT2D eigenvalue weighted by atomic mass is 35.5. The zero-order chi connectivity index (χ0) is 34.8. The number of thiazole rings is 1. The first-order valence-corrected chi connectivity index (χ1v) is 17.3. The summed E-state index contributed by atoms with van der Waals surface area (Å²) < 4.78 is 16.5. The van der Waals surface area contributed by atoms with Crippen molar-refractivity contribution in [2.45, 2.75) is 32.1 Å². The van der Waals surface area contributed by atoms with Gasteiger partial charge in [-0.2, -0.15) is 0 Å². The van der Waals surface area contributed by atoms with E-state index in [9.17, 15) is 24.0 Å². The summed E-state index contributed by atoms with van der Waals surface area (Å²) >= 11 is 7.93. The van der Waals surface area contributed by atoms with Crippen LogP contribution in [0.1, 0.15) is 36.9 Å². The summed E-state index contributed by atoms with van der Waals surface area (Å²) in [6.07, 6.45) is 0.831. The third-order valence-corrected chi connectivity index (χ3v) is 9.32. The third kappa shape index (κ3) is 10.2. The van der Waals surface area contributed by atoms with Crippen molar-refractivity contribution >= 4 is 52.5 Å². The molecule has 1 aromatic heterocycles. The second kappa shape index (κ2) is 17.2. The van der Waals surface area contributed by atoms with Crippen LogP contribution in [0, 0.1) is 0 Å². The molecule has 2 aliphatic heterocycles. The number of carbonyl (C=O) groups excluding carboxylic acids is 5. The van der Waals surface area contributed by atoms with Gasteiger partial charge in [0.05, 0.1) is 29.7 Å². The maximum Gasteiger partial charge on any atom is 0.325 e. The van der Waals surface area contributed by atoms with E-state index in [1.165, 1.54) is 11.3 Å². The topological polar surface area (TPSA) is 156 Å². The minimum Gasteiger partial charge on any atom is -0.492 e. The van der Waals surface area contributed by atoms with E-state index in [0.717, 1.165) is 11.1 Å². The first-order chi connectivity index (χ1) is 23.7. The maximum atomic E-state index is 12.8. The molecule has 2 aromatic carbocycles. The normalized spacial score (nSPS) is 16.5. The number of nitrogens with one attached hydrogen (secondary N) is 2. The molecule has 5 rings (SSSR count). The summed E-state index contributed by atoms with van der Waals surface area (Å²) in [6.45, 7) is 5.42. The van der Waals surface area contributed by atoms with Crippen LogP contribution in [0.4, 0.5) is 0 Å². The van der Waals surface area contributed by atoms with Gasteiger partial charge >= 0.3 is 5.97 Å². The first kappa shape index (κ1) is 35.8. The summed E-state index contributed by atoms with van der Waals surface area (Å²) in [7, 11) is 0. The van der Waals surface area contributed by atoms with Crippen molar-refractivity contribution in [1.29, 1.82) is 0 Å². The summed E-state index contributed by atoms with van der Waals surface area (Å²) in [5, 5.41) is 7.82. The fourth-order valence-electron chi connectivity index (χ4n) is 5.44. The van der Waals surface area contributed by atoms with Gasteiger partial charge in [-0.05, 0) is 49.2 Å².